The molecule has 0 spiro atoms. The predicted octanol–water partition coefficient (Wildman–Crippen LogP) is 4.04. The maximum absolute atomic E-state index is 12.0. The van der Waals surface area contributed by atoms with Gasteiger partial charge in [0.2, 0.25) is 0 Å². The van der Waals surface area contributed by atoms with Gasteiger partial charge in [-0.25, -0.2) is 4.79 Å². The zero-order valence-corrected chi connectivity index (χ0v) is 15.5. The fourth-order valence-electron chi connectivity index (χ4n) is 3.27. The van der Waals surface area contributed by atoms with Crippen LogP contribution < -0.4 is 10.6 Å². The molecule has 1 aliphatic carbocycles. The van der Waals surface area contributed by atoms with E-state index in [4.69, 9.17) is 4.74 Å². The van der Waals surface area contributed by atoms with Crippen LogP contribution in [0.15, 0.2) is 30.3 Å². The molecule has 1 amide bonds. The minimum absolute atomic E-state index is 0.166. The molecule has 24 heavy (non-hydrogen) atoms. The predicted molar refractivity (Wildman–Crippen MR) is 98.2 cm³/mol. The average Bonchev–Trinajstić information content (AvgIpc) is 2.91. The quantitative estimate of drug-likeness (QED) is 0.826. The van der Waals surface area contributed by atoms with Crippen LogP contribution in [-0.4, -0.2) is 29.8 Å². The van der Waals surface area contributed by atoms with Crippen LogP contribution in [0.4, 0.5) is 4.79 Å². The minimum Gasteiger partial charge on any atom is -0.444 e. The molecule has 1 saturated carbocycles. The third-order valence-corrected chi connectivity index (χ3v) is 4.43. The van der Waals surface area contributed by atoms with E-state index in [0.29, 0.717) is 12.1 Å². The van der Waals surface area contributed by atoms with Crippen LogP contribution in [0.3, 0.4) is 0 Å². The molecule has 0 bridgehead atoms. The first kappa shape index (κ1) is 18.8. The summed E-state index contributed by atoms with van der Waals surface area (Å²) in [6.45, 7) is 7.90. The first-order valence-corrected chi connectivity index (χ1v) is 9.13. The Kier molecular flexibility index (Phi) is 6.67. The van der Waals surface area contributed by atoms with E-state index in [1.54, 1.807) is 0 Å². The topological polar surface area (TPSA) is 50.4 Å². The van der Waals surface area contributed by atoms with Crippen LogP contribution in [0.2, 0.25) is 0 Å². The van der Waals surface area contributed by atoms with Gasteiger partial charge in [0.15, 0.2) is 0 Å². The molecule has 0 aliphatic heterocycles. The highest BCUT2D eigenvalue weighted by molar-refractivity contribution is 5.68. The molecule has 0 heterocycles. The highest BCUT2D eigenvalue weighted by atomic mass is 16.6. The molecule has 0 radical (unpaired) electrons. The summed E-state index contributed by atoms with van der Waals surface area (Å²) in [6.07, 6.45) is 5.13. The van der Waals surface area contributed by atoms with Gasteiger partial charge in [-0.2, -0.15) is 0 Å². The third kappa shape index (κ3) is 6.52. The van der Waals surface area contributed by atoms with Gasteiger partial charge in [-0.3, -0.25) is 0 Å². The number of rotatable bonds is 6. The number of hydrogen-bond donors (Lipinski definition) is 2. The van der Waals surface area contributed by atoms with Crippen molar-refractivity contribution in [2.45, 2.75) is 83.5 Å². The lowest BCUT2D eigenvalue weighted by molar-refractivity contribution is 0.0497. The Bertz CT molecular complexity index is 510. The standard InChI is InChI=1S/C20H32N2O2/c1-15(13-14-16-9-6-5-7-10-16)21-17-11-8-12-18(17)22-19(23)24-20(2,3)4/h5-7,9-10,15,17-18,21H,8,11-14H2,1-4H3,(H,22,23). The van der Waals surface area contributed by atoms with Gasteiger partial charge in [-0.1, -0.05) is 30.3 Å². The highest BCUT2D eigenvalue weighted by Gasteiger charge is 2.30. The number of benzene rings is 1. The monoisotopic (exact) mass is 332 g/mol. The molecular weight excluding hydrogens is 300 g/mol. The fourth-order valence-corrected chi connectivity index (χ4v) is 3.27. The second-order valence-corrected chi connectivity index (χ2v) is 7.88. The number of alkyl carbamates (subject to hydrolysis) is 1. The first-order chi connectivity index (χ1) is 11.3. The van der Waals surface area contributed by atoms with Crippen molar-refractivity contribution < 1.29 is 9.53 Å². The SMILES string of the molecule is CC(CCc1ccccc1)NC1CCCC1NC(=O)OC(C)(C)C. The fraction of sp³-hybridized carbons (Fsp3) is 0.650. The van der Waals surface area contributed by atoms with E-state index >= 15 is 0 Å². The second-order valence-electron chi connectivity index (χ2n) is 7.88. The van der Waals surface area contributed by atoms with Crippen LogP contribution in [0, 0.1) is 0 Å². The van der Waals surface area contributed by atoms with Crippen molar-refractivity contribution in [2.75, 3.05) is 0 Å². The van der Waals surface area contributed by atoms with E-state index in [-0.39, 0.29) is 12.1 Å². The lowest BCUT2D eigenvalue weighted by Gasteiger charge is -2.27. The number of hydrogen-bond acceptors (Lipinski definition) is 3. The van der Waals surface area contributed by atoms with Crippen molar-refractivity contribution in [3.05, 3.63) is 35.9 Å². The molecule has 4 nitrogen and oxygen atoms in total. The molecule has 1 aromatic carbocycles. The van der Waals surface area contributed by atoms with E-state index in [0.717, 1.165) is 32.1 Å². The molecule has 3 unspecified atom stereocenters. The molecule has 0 aromatic heterocycles. The minimum atomic E-state index is -0.450. The maximum Gasteiger partial charge on any atom is 0.407 e. The number of nitrogens with one attached hydrogen (secondary N) is 2. The van der Waals surface area contributed by atoms with Crippen LogP contribution in [0.5, 0.6) is 0 Å². The van der Waals surface area contributed by atoms with Gasteiger partial charge in [0.1, 0.15) is 5.60 Å². The van der Waals surface area contributed by atoms with E-state index in [1.165, 1.54) is 5.56 Å². The molecule has 4 heteroatoms. The molecule has 1 aliphatic rings. The van der Waals surface area contributed by atoms with Crippen molar-refractivity contribution in [1.82, 2.24) is 10.6 Å². The summed E-state index contributed by atoms with van der Waals surface area (Å²) in [5.41, 5.74) is 0.926. The maximum atomic E-state index is 12.0. The molecule has 3 atom stereocenters. The smallest absolute Gasteiger partial charge is 0.407 e. The Hall–Kier alpha value is -1.55. The molecule has 2 N–H and O–H groups in total. The number of aryl methyl sites for hydroxylation is 1. The Morgan fingerprint density at radius 2 is 1.88 bits per heavy atom. The first-order valence-electron chi connectivity index (χ1n) is 9.13. The summed E-state index contributed by atoms with van der Waals surface area (Å²) in [4.78, 5) is 12.0. The van der Waals surface area contributed by atoms with Gasteiger partial charge < -0.3 is 15.4 Å². The summed E-state index contributed by atoms with van der Waals surface area (Å²) in [7, 11) is 0. The summed E-state index contributed by atoms with van der Waals surface area (Å²) in [5, 5.41) is 6.74. The Morgan fingerprint density at radius 3 is 2.54 bits per heavy atom. The summed E-state index contributed by atoms with van der Waals surface area (Å²) in [6, 6.07) is 11.5. The van der Waals surface area contributed by atoms with Crippen molar-refractivity contribution in [3.63, 3.8) is 0 Å². The van der Waals surface area contributed by atoms with Crippen LogP contribution >= 0.6 is 0 Å². The highest BCUT2D eigenvalue weighted by Crippen LogP contribution is 2.21. The molecule has 134 valence electrons. The van der Waals surface area contributed by atoms with Crippen LogP contribution in [0.1, 0.15) is 58.9 Å². The van der Waals surface area contributed by atoms with Crippen molar-refractivity contribution in [2.24, 2.45) is 0 Å². The molecule has 1 aromatic rings. The second kappa shape index (κ2) is 8.52. The Balaban J connectivity index is 1.77. The zero-order chi connectivity index (χ0) is 17.6. The van der Waals surface area contributed by atoms with Gasteiger partial charge in [-0.15, -0.1) is 0 Å². The lowest BCUT2D eigenvalue weighted by Crippen LogP contribution is -2.50. The normalized spacial score (nSPS) is 22.2. The van der Waals surface area contributed by atoms with E-state index in [9.17, 15) is 4.79 Å². The number of carbonyl (C=O) groups is 1. The van der Waals surface area contributed by atoms with E-state index in [2.05, 4.69) is 47.9 Å². The van der Waals surface area contributed by atoms with Gasteiger partial charge in [0.05, 0.1) is 0 Å². The Labute approximate surface area is 146 Å². The summed E-state index contributed by atoms with van der Waals surface area (Å²) in [5.74, 6) is 0. The Morgan fingerprint density at radius 1 is 1.21 bits per heavy atom. The van der Waals surface area contributed by atoms with Gasteiger partial charge >= 0.3 is 6.09 Å². The number of amides is 1. The summed E-state index contributed by atoms with van der Waals surface area (Å²) >= 11 is 0. The van der Waals surface area contributed by atoms with Gasteiger partial charge in [0.25, 0.3) is 0 Å². The van der Waals surface area contributed by atoms with Crippen molar-refractivity contribution in [3.8, 4) is 0 Å². The van der Waals surface area contributed by atoms with E-state index < -0.39 is 5.60 Å². The largest absolute Gasteiger partial charge is 0.444 e. The lowest BCUT2D eigenvalue weighted by atomic mass is 10.0. The molecule has 2 rings (SSSR count). The number of carbonyl (C=O) groups excluding carboxylic acids is 1. The van der Waals surface area contributed by atoms with E-state index in [1.807, 2.05) is 20.8 Å². The van der Waals surface area contributed by atoms with Gasteiger partial charge in [-0.05, 0) is 65.4 Å². The average molecular weight is 332 g/mol. The summed E-state index contributed by atoms with van der Waals surface area (Å²) < 4.78 is 5.38. The molecule has 0 saturated heterocycles. The van der Waals surface area contributed by atoms with Gasteiger partial charge in [0, 0.05) is 18.1 Å². The van der Waals surface area contributed by atoms with Crippen LogP contribution in [-0.2, 0) is 11.2 Å². The van der Waals surface area contributed by atoms with Crippen molar-refractivity contribution >= 4 is 6.09 Å². The van der Waals surface area contributed by atoms with Crippen LogP contribution in [0.25, 0.3) is 0 Å². The number of ether oxygens (including phenoxy) is 1. The molecule has 1 fully saturated rings. The third-order valence-electron chi connectivity index (χ3n) is 4.43. The van der Waals surface area contributed by atoms with Crippen molar-refractivity contribution in [1.29, 1.82) is 0 Å². The molecular formula is C20H32N2O2. The zero-order valence-electron chi connectivity index (χ0n) is 15.5.